The van der Waals surface area contributed by atoms with E-state index < -0.39 is 33.3 Å². The van der Waals surface area contributed by atoms with Gasteiger partial charge in [-0.15, -0.1) is 0 Å². The van der Waals surface area contributed by atoms with Crippen LogP contribution in [-0.2, 0) is 72.5 Å². The zero-order valence-corrected chi connectivity index (χ0v) is 79.9. The smallest absolute Gasteiger partial charge is 0.264 e. The topological polar surface area (TPSA) is 36.9 Å². The second kappa shape index (κ2) is 42.0. The van der Waals surface area contributed by atoms with E-state index >= 15 is 0 Å². The van der Waals surface area contributed by atoms with Crippen LogP contribution in [0.1, 0.15) is 158 Å². The maximum Gasteiger partial charge on any atom is 0.264 e. The van der Waals surface area contributed by atoms with E-state index in [9.17, 15) is 0 Å². The third-order valence-corrected chi connectivity index (χ3v) is 41.2. The van der Waals surface area contributed by atoms with Gasteiger partial charge in [0.25, 0.3) is 33.3 Å². The molecular formula is C120H122O4Si4. The van der Waals surface area contributed by atoms with Crippen molar-refractivity contribution in [3.05, 3.63) is 546 Å². The van der Waals surface area contributed by atoms with Crippen LogP contribution in [-0.4, -0.2) is 33.3 Å². The van der Waals surface area contributed by atoms with Crippen molar-refractivity contribution in [2.45, 2.75) is 153 Å². The number of hydrogen-bond donors (Lipinski definition) is 0. The molecule has 0 N–H and O–H groups in total. The van der Waals surface area contributed by atoms with Crippen LogP contribution in [0, 0.1) is 55.4 Å². The van der Waals surface area contributed by atoms with Gasteiger partial charge in [-0.25, -0.2) is 0 Å². The first-order chi connectivity index (χ1) is 62.5. The van der Waals surface area contributed by atoms with Crippen molar-refractivity contribution < 1.29 is 17.7 Å². The van der Waals surface area contributed by atoms with Gasteiger partial charge in [-0.1, -0.05) is 413 Å². The van der Waals surface area contributed by atoms with E-state index in [4.69, 9.17) is 17.7 Å². The molecule has 8 heteroatoms. The summed E-state index contributed by atoms with van der Waals surface area (Å²) < 4.78 is 32.7. The zero-order chi connectivity index (χ0) is 88.1. The number of hydrogen-bond acceptors (Lipinski definition) is 4. The van der Waals surface area contributed by atoms with Gasteiger partial charge in [0.05, 0.1) is 0 Å². The average molecular weight is 1740 g/mol. The lowest BCUT2D eigenvalue weighted by Gasteiger charge is -2.36. The molecule has 0 aliphatic rings. The summed E-state index contributed by atoms with van der Waals surface area (Å²) in [6.07, 6.45) is 1.64. The maximum absolute atomic E-state index is 8.17. The van der Waals surface area contributed by atoms with Gasteiger partial charge in [-0.05, 0) is 202 Å². The lowest BCUT2D eigenvalue weighted by atomic mass is 9.78. The predicted octanol–water partition coefficient (Wildman–Crippen LogP) is 28.6. The Hall–Kier alpha value is -12.4. The molecular weight excluding hydrogens is 1620 g/mol. The molecule has 16 aromatic carbocycles. The van der Waals surface area contributed by atoms with Crippen LogP contribution in [0.25, 0.3) is 0 Å². The standard InChI is InChI=1S/C120H122O4Si4/c1-91-71-111(72-92(2)117(91)121-125(79-99-45-21-9-22-46-99,80-100-47-23-10-24-48-100)81-101-49-25-11-26-50-101)115(112-73-93(3)118(94(4)74-112)122-126(82-102-51-27-12-28-52-102,83-103-53-29-13-30-54-103)84-104-55-31-14-32-56-104)69-70-116(113-75-95(5)119(96(6)76-113)123-127(85-105-57-33-15-34-58-105,86-106-59-35-16-36-60-106)87-107-61-37-17-38-62-107)114-77-97(7)120(98(8)78-114)124-128(88-108-63-39-18-40-64-108,89-109-65-41-19-42-66-109)90-110-67-43-20-44-68-110/h9-68,71-78,115-116H,69-70,79-90H2,1-8H3. The Bertz CT molecular complexity index is 4950. The van der Waals surface area contributed by atoms with E-state index in [0.29, 0.717) is 0 Å². The first kappa shape index (κ1) is 89.0. The summed E-state index contributed by atoms with van der Waals surface area (Å²) >= 11 is 0. The second-order valence-electron chi connectivity index (χ2n) is 36.7. The van der Waals surface area contributed by atoms with Gasteiger partial charge in [0.2, 0.25) is 0 Å². The molecule has 0 fully saturated rings. The van der Waals surface area contributed by atoms with Gasteiger partial charge in [0, 0.05) is 84.4 Å². The molecule has 0 amide bonds. The Balaban J connectivity index is 0.859. The molecule has 0 saturated carbocycles. The Labute approximate surface area is 767 Å². The van der Waals surface area contributed by atoms with Crippen molar-refractivity contribution in [2.75, 3.05) is 0 Å². The molecule has 0 aliphatic carbocycles. The molecule has 0 heterocycles. The van der Waals surface area contributed by atoms with E-state index in [0.717, 1.165) is 153 Å². The van der Waals surface area contributed by atoms with E-state index in [1.165, 1.54) is 89.0 Å². The molecule has 0 atom stereocenters. The summed E-state index contributed by atoms with van der Waals surface area (Å²) in [6.45, 7) is 18.6. The molecule has 4 nitrogen and oxygen atoms in total. The van der Waals surface area contributed by atoms with E-state index in [2.05, 4.69) is 468 Å². The van der Waals surface area contributed by atoms with Crippen molar-refractivity contribution in [1.82, 2.24) is 0 Å². The van der Waals surface area contributed by atoms with Crippen molar-refractivity contribution >= 4 is 33.3 Å². The largest absolute Gasteiger partial charge is 0.542 e. The quantitative estimate of drug-likeness (QED) is 0.0360. The summed E-state index contributed by atoms with van der Waals surface area (Å²) in [7, 11) is -11.3. The average Bonchev–Trinajstić information content (AvgIpc) is 0.776. The van der Waals surface area contributed by atoms with Crippen molar-refractivity contribution in [1.29, 1.82) is 0 Å². The third-order valence-electron chi connectivity index (χ3n) is 26.0. The summed E-state index contributed by atoms with van der Waals surface area (Å²) in [5, 5.41) is 0. The molecule has 0 bridgehead atoms. The van der Waals surface area contributed by atoms with Crippen molar-refractivity contribution in [3.8, 4) is 23.0 Å². The fourth-order valence-electron chi connectivity index (χ4n) is 20.4. The van der Waals surface area contributed by atoms with Crippen LogP contribution in [0.15, 0.2) is 413 Å². The lowest BCUT2D eigenvalue weighted by molar-refractivity contribution is 0.512. The van der Waals surface area contributed by atoms with Gasteiger partial charge in [0.1, 0.15) is 23.0 Å². The highest BCUT2D eigenvalue weighted by molar-refractivity contribution is 6.74. The second-order valence-corrected chi connectivity index (χ2v) is 51.2. The van der Waals surface area contributed by atoms with Crippen LogP contribution in [0.3, 0.4) is 0 Å². The highest BCUT2D eigenvalue weighted by atomic mass is 28.4. The Morgan fingerprint density at radius 3 is 0.359 bits per heavy atom. The SMILES string of the molecule is Cc1cc(C(CCC(c2cc(C)c(O[Si](Cc3ccccc3)(Cc3ccccc3)Cc3ccccc3)c(C)c2)c2cc(C)c(O[Si](Cc3ccccc3)(Cc3ccccc3)Cc3ccccc3)c(C)c2)c2cc(C)c(O[Si](Cc3ccccc3)(Cc3ccccc3)Cc3ccccc3)c(C)c2)cc(C)c1O[Si](Cc1ccccc1)(Cc1ccccc1)Cc1ccccc1. The number of benzene rings is 16. The summed E-state index contributed by atoms with van der Waals surface area (Å²) in [4.78, 5) is 0. The predicted molar refractivity (Wildman–Crippen MR) is 544 cm³/mol. The highest BCUT2D eigenvalue weighted by Gasteiger charge is 2.44. The van der Waals surface area contributed by atoms with E-state index in [-0.39, 0.29) is 11.8 Å². The molecule has 0 aromatic heterocycles. The molecule has 0 aliphatic heterocycles. The fraction of sp³-hybridized carbons (Fsp3) is 0.200. The number of aryl methyl sites for hydroxylation is 8. The Morgan fingerprint density at radius 1 is 0.156 bits per heavy atom. The van der Waals surface area contributed by atoms with Crippen LogP contribution < -0.4 is 17.7 Å². The molecule has 16 rings (SSSR count). The lowest BCUT2D eigenvalue weighted by Crippen LogP contribution is -2.50. The fourth-order valence-corrected chi connectivity index (χ4v) is 37.6. The summed E-state index contributed by atoms with van der Waals surface area (Å²) in [6, 6.07) is 164. The van der Waals surface area contributed by atoms with Gasteiger partial charge in [0.15, 0.2) is 0 Å². The van der Waals surface area contributed by atoms with Crippen LogP contribution in [0.2, 0.25) is 0 Å². The Morgan fingerprint density at radius 2 is 0.258 bits per heavy atom. The number of rotatable bonds is 39. The minimum atomic E-state index is -2.84. The summed E-state index contributed by atoms with van der Waals surface area (Å²) in [5.41, 5.74) is 30.0. The van der Waals surface area contributed by atoms with Gasteiger partial charge >= 0.3 is 0 Å². The summed E-state index contributed by atoms with van der Waals surface area (Å²) in [5.74, 6) is 3.88. The van der Waals surface area contributed by atoms with E-state index in [1.807, 2.05) is 0 Å². The highest BCUT2D eigenvalue weighted by Crippen LogP contribution is 2.46. The monoisotopic (exact) mass is 1740 g/mol. The zero-order valence-electron chi connectivity index (χ0n) is 75.9. The molecule has 16 aromatic rings. The van der Waals surface area contributed by atoms with Crippen molar-refractivity contribution in [3.63, 3.8) is 0 Å². The molecule has 128 heavy (non-hydrogen) atoms. The molecule has 0 unspecified atom stereocenters. The minimum absolute atomic E-state index is 0.0638. The first-order valence-electron chi connectivity index (χ1n) is 46.1. The van der Waals surface area contributed by atoms with Gasteiger partial charge in [-0.3, -0.25) is 0 Å². The normalized spacial score (nSPS) is 11.9. The molecule has 0 spiro atoms. The third kappa shape index (κ3) is 23.3. The molecule has 0 saturated heterocycles. The van der Waals surface area contributed by atoms with Crippen LogP contribution in [0.4, 0.5) is 0 Å². The first-order valence-corrected chi connectivity index (χ1v) is 56.3. The van der Waals surface area contributed by atoms with Gasteiger partial charge < -0.3 is 17.7 Å². The minimum Gasteiger partial charge on any atom is -0.542 e. The van der Waals surface area contributed by atoms with Crippen molar-refractivity contribution in [2.24, 2.45) is 0 Å². The van der Waals surface area contributed by atoms with E-state index in [1.54, 1.807) is 0 Å². The molecule has 642 valence electrons. The maximum atomic E-state index is 8.17. The van der Waals surface area contributed by atoms with Crippen LogP contribution in [0.5, 0.6) is 23.0 Å². The molecule has 0 radical (unpaired) electrons. The van der Waals surface area contributed by atoms with Gasteiger partial charge in [-0.2, -0.15) is 0 Å². The van der Waals surface area contributed by atoms with Crippen LogP contribution >= 0.6 is 0 Å². The Kier molecular flexibility index (Phi) is 29.2.